The summed E-state index contributed by atoms with van der Waals surface area (Å²) in [5.74, 6) is -0.838. The van der Waals surface area contributed by atoms with Crippen molar-refractivity contribution in [1.29, 1.82) is 0 Å². The quantitative estimate of drug-likeness (QED) is 0.699. The first-order chi connectivity index (χ1) is 15.9. The Balaban J connectivity index is 1.32. The third kappa shape index (κ3) is 5.39. The smallest absolute Gasteiger partial charge is 0.274 e. The van der Waals surface area contributed by atoms with Crippen LogP contribution in [-0.4, -0.2) is 70.1 Å². The van der Waals surface area contributed by atoms with Gasteiger partial charge in [-0.05, 0) is 17.7 Å². The molecule has 3 amide bonds. The Morgan fingerprint density at radius 2 is 1.79 bits per heavy atom. The van der Waals surface area contributed by atoms with E-state index in [1.165, 1.54) is 12.1 Å². The summed E-state index contributed by atoms with van der Waals surface area (Å²) in [7, 11) is 1.82. The summed E-state index contributed by atoms with van der Waals surface area (Å²) in [5.41, 5.74) is 2.93. The molecular formula is C23H28FN5O4. The second kappa shape index (κ2) is 10.1. The van der Waals surface area contributed by atoms with Crippen LogP contribution in [0.3, 0.4) is 0 Å². The number of rotatable bonds is 6. The van der Waals surface area contributed by atoms with E-state index in [1.54, 1.807) is 26.6 Å². The van der Waals surface area contributed by atoms with E-state index >= 15 is 0 Å². The predicted molar refractivity (Wildman–Crippen MR) is 117 cm³/mol. The summed E-state index contributed by atoms with van der Waals surface area (Å²) in [4.78, 5) is 41.4. The third-order valence-corrected chi connectivity index (χ3v) is 6.06. The number of carbonyl (C=O) groups is 3. The van der Waals surface area contributed by atoms with Crippen molar-refractivity contribution in [3.05, 3.63) is 52.6 Å². The van der Waals surface area contributed by atoms with E-state index in [9.17, 15) is 18.8 Å². The van der Waals surface area contributed by atoms with Gasteiger partial charge in [-0.15, -0.1) is 0 Å². The van der Waals surface area contributed by atoms with Crippen LogP contribution in [0.1, 0.15) is 40.2 Å². The van der Waals surface area contributed by atoms with Gasteiger partial charge >= 0.3 is 0 Å². The number of fused-ring (bicyclic) bond motifs is 1. The second-order valence-electron chi connectivity index (χ2n) is 8.27. The summed E-state index contributed by atoms with van der Waals surface area (Å²) < 4.78 is 20.0. The zero-order valence-electron chi connectivity index (χ0n) is 18.7. The number of aromatic nitrogens is 2. The Morgan fingerprint density at radius 1 is 1.06 bits per heavy atom. The maximum absolute atomic E-state index is 13.0. The van der Waals surface area contributed by atoms with Crippen LogP contribution in [0.15, 0.2) is 24.3 Å². The lowest BCUT2D eigenvalue weighted by atomic mass is 10.0. The van der Waals surface area contributed by atoms with Gasteiger partial charge in [0.1, 0.15) is 5.82 Å². The maximum atomic E-state index is 13.0. The van der Waals surface area contributed by atoms with Gasteiger partial charge in [0.05, 0.1) is 13.2 Å². The van der Waals surface area contributed by atoms with Crippen LogP contribution in [0, 0.1) is 5.82 Å². The molecule has 1 aromatic carbocycles. The molecule has 1 saturated heterocycles. The molecule has 0 spiro atoms. The fraction of sp³-hybridized carbons (Fsp3) is 0.478. The molecule has 0 radical (unpaired) electrons. The average Bonchev–Trinajstić information content (AvgIpc) is 3.18. The minimum atomic E-state index is -0.330. The van der Waals surface area contributed by atoms with Crippen molar-refractivity contribution in [3.63, 3.8) is 0 Å². The van der Waals surface area contributed by atoms with Crippen LogP contribution in [-0.2, 0) is 40.9 Å². The molecule has 1 aromatic heterocycles. The summed E-state index contributed by atoms with van der Waals surface area (Å²) in [6, 6.07) is 5.89. The molecule has 33 heavy (non-hydrogen) atoms. The molecule has 0 atom stereocenters. The first kappa shape index (κ1) is 22.9. The lowest BCUT2D eigenvalue weighted by Crippen LogP contribution is -2.42. The lowest BCUT2D eigenvalue weighted by Gasteiger charge is -2.29. The summed E-state index contributed by atoms with van der Waals surface area (Å²) in [6.07, 6.45) is 0.755. The fourth-order valence-electron chi connectivity index (χ4n) is 4.16. The number of nitrogens with one attached hydrogen (secondary N) is 1. The monoisotopic (exact) mass is 457 g/mol. The number of hydrogen-bond acceptors (Lipinski definition) is 5. The molecule has 2 aromatic rings. The normalized spacial score (nSPS) is 15.8. The number of morpholine rings is 1. The Kier molecular flexibility index (Phi) is 7.02. The molecular weight excluding hydrogens is 429 g/mol. The Hall–Kier alpha value is -3.27. The minimum Gasteiger partial charge on any atom is -0.378 e. The zero-order valence-corrected chi connectivity index (χ0v) is 18.7. The number of carbonyl (C=O) groups excluding carboxylic acids is 3. The summed E-state index contributed by atoms with van der Waals surface area (Å²) >= 11 is 0. The van der Waals surface area contributed by atoms with E-state index in [1.807, 2.05) is 7.05 Å². The average molecular weight is 458 g/mol. The highest BCUT2D eigenvalue weighted by atomic mass is 19.1. The van der Waals surface area contributed by atoms with Gasteiger partial charge in [0.15, 0.2) is 5.69 Å². The van der Waals surface area contributed by atoms with Crippen molar-refractivity contribution in [2.75, 3.05) is 32.8 Å². The van der Waals surface area contributed by atoms with Crippen molar-refractivity contribution in [3.8, 4) is 0 Å². The topological polar surface area (TPSA) is 96.8 Å². The SMILES string of the molecule is Cn1nc(C(=O)N2CCOCC2)c2c1CCN(C(=O)CCC(=O)NCc1ccc(F)cc1)C2. The molecule has 4 rings (SSSR count). The maximum Gasteiger partial charge on any atom is 0.274 e. The molecule has 0 unspecified atom stereocenters. The summed E-state index contributed by atoms with van der Waals surface area (Å²) in [5, 5.41) is 7.20. The first-order valence-corrected chi connectivity index (χ1v) is 11.1. The Morgan fingerprint density at radius 3 is 2.52 bits per heavy atom. The van der Waals surface area contributed by atoms with E-state index < -0.39 is 0 Å². The van der Waals surface area contributed by atoms with Gasteiger partial charge in [-0.3, -0.25) is 19.1 Å². The Labute approximate surface area is 191 Å². The number of benzene rings is 1. The van der Waals surface area contributed by atoms with Crippen LogP contribution in [0.5, 0.6) is 0 Å². The zero-order chi connectivity index (χ0) is 23.4. The van der Waals surface area contributed by atoms with Crippen LogP contribution < -0.4 is 5.32 Å². The second-order valence-corrected chi connectivity index (χ2v) is 8.27. The number of ether oxygens (including phenoxy) is 1. The standard InChI is InChI=1S/C23H28FN5O4/c1-27-19-8-9-29(15-18(19)22(26-27)23(32)28-10-12-33-13-11-28)21(31)7-6-20(30)25-14-16-2-4-17(24)5-3-16/h2-5H,6-15H2,1H3,(H,25,30). The van der Waals surface area contributed by atoms with Crippen molar-refractivity contribution in [1.82, 2.24) is 24.9 Å². The minimum absolute atomic E-state index is 0.0655. The van der Waals surface area contributed by atoms with Crippen molar-refractivity contribution in [2.45, 2.75) is 32.4 Å². The number of halogens is 1. The van der Waals surface area contributed by atoms with Crippen molar-refractivity contribution < 1.29 is 23.5 Å². The van der Waals surface area contributed by atoms with Crippen LogP contribution in [0.25, 0.3) is 0 Å². The predicted octanol–water partition coefficient (Wildman–Crippen LogP) is 1.01. The van der Waals surface area contributed by atoms with Gasteiger partial charge in [-0.2, -0.15) is 5.10 Å². The molecule has 1 fully saturated rings. The van der Waals surface area contributed by atoms with Gasteiger partial charge in [0.25, 0.3) is 5.91 Å². The Bertz CT molecular complexity index is 1030. The molecule has 0 bridgehead atoms. The molecule has 9 nitrogen and oxygen atoms in total. The molecule has 10 heteroatoms. The molecule has 2 aliphatic rings. The number of hydrogen-bond donors (Lipinski definition) is 1. The van der Waals surface area contributed by atoms with Gasteiger partial charge in [0.2, 0.25) is 11.8 Å². The number of aryl methyl sites for hydroxylation is 1. The number of nitrogens with zero attached hydrogens (tertiary/aromatic N) is 4. The first-order valence-electron chi connectivity index (χ1n) is 11.1. The fourth-order valence-corrected chi connectivity index (χ4v) is 4.16. The van der Waals surface area contributed by atoms with E-state index in [0.717, 1.165) is 16.8 Å². The van der Waals surface area contributed by atoms with Gasteiger partial charge in [-0.1, -0.05) is 12.1 Å². The highest BCUT2D eigenvalue weighted by Crippen LogP contribution is 2.24. The summed E-state index contributed by atoms with van der Waals surface area (Å²) in [6.45, 7) is 3.18. The largest absolute Gasteiger partial charge is 0.378 e. The van der Waals surface area contributed by atoms with Gasteiger partial charge in [-0.25, -0.2) is 4.39 Å². The lowest BCUT2D eigenvalue weighted by molar-refractivity contribution is -0.134. The van der Waals surface area contributed by atoms with Crippen LogP contribution >= 0.6 is 0 Å². The molecule has 176 valence electrons. The van der Waals surface area contributed by atoms with Crippen molar-refractivity contribution in [2.24, 2.45) is 7.05 Å². The molecule has 0 saturated carbocycles. The number of amides is 3. The molecule has 1 N–H and O–H groups in total. The van der Waals surface area contributed by atoms with E-state index in [4.69, 9.17) is 4.74 Å². The third-order valence-electron chi connectivity index (χ3n) is 6.06. The van der Waals surface area contributed by atoms with Gasteiger partial charge < -0.3 is 19.9 Å². The molecule has 0 aliphatic carbocycles. The highest BCUT2D eigenvalue weighted by molar-refractivity contribution is 5.94. The van der Waals surface area contributed by atoms with Crippen molar-refractivity contribution >= 4 is 17.7 Å². The van der Waals surface area contributed by atoms with Gasteiger partial charge in [0, 0.05) is 70.3 Å². The molecule has 2 aliphatic heterocycles. The highest BCUT2D eigenvalue weighted by Gasteiger charge is 2.31. The molecule has 3 heterocycles. The van der Waals surface area contributed by atoms with E-state index in [-0.39, 0.29) is 42.9 Å². The van der Waals surface area contributed by atoms with Crippen LogP contribution in [0.4, 0.5) is 4.39 Å². The van der Waals surface area contributed by atoms with E-state index in [2.05, 4.69) is 10.4 Å². The van der Waals surface area contributed by atoms with E-state index in [0.29, 0.717) is 51.5 Å². The van der Waals surface area contributed by atoms with Crippen LogP contribution in [0.2, 0.25) is 0 Å².